The molecule has 8 heteroatoms. The lowest BCUT2D eigenvalue weighted by molar-refractivity contribution is -0.0498. The zero-order chi connectivity index (χ0) is 18.2. The van der Waals surface area contributed by atoms with Crippen molar-refractivity contribution in [3.05, 3.63) is 59.9 Å². The highest BCUT2D eigenvalue weighted by Gasteiger charge is 2.06. The summed E-state index contributed by atoms with van der Waals surface area (Å²) in [5, 5.41) is 7.34. The summed E-state index contributed by atoms with van der Waals surface area (Å²) in [5.74, 6) is -0.259. The first-order valence-corrected chi connectivity index (χ1v) is 7.83. The molecule has 0 fully saturated rings. The summed E-state index contributed by atoms with van der Waals surface area (Å²) in [5.41, 5.74) is 4.77. The predicted octanol–water partition coefficient (Wildman–Crippen LogP) is 4.53. The molecule has 132 valence electrons. The molecule has 0 saturated carbocycles. The molecule has 0 aliphatic carbocycles. The fourth-order valence-corrected chi connectivity index (χ4v) is 2.15. The fourth-order valence-electron chi connectivity index (χ4n) is 1.99. The Hall–Kier alpha value is -2.61. The molecule has 4 nitrogen and oxygen atoms in total. The molecular weight excluding hydrogens is 351 g/mol. The summed E-state index contributed by atoms with van der Waals surface area (Å²) >= 11 is 5.13. The summed E-state index contributed by atoms with van der Waals surface area (Å²) in [6.45, 7) is -0.956. The van der Waals surface area contributed by atoms with Crippen molar-refractivity contribution >= 4 is 28.7 Å². The third-order valence-corrected chi connectivity index (χ3v) is 3.34. The lowest BCUT2D eigenvalue weighted by Gasteiger charge is -2.10. The van der Waals surface area contributed by atoms with Crippen LogP contribution in [0.5, 0.6) is 5.75 Å². The Bertz CT molecular complexity index is 734. The van der Waals surface area contributed by atoms with Gasteiger partial charge in [0.1, 0.15) is 11.6 Å². The largest absolute Gasteiger partial charge is 0.435 e. The van der Waals surface area contributed by atoms with E-state index in [2.05, 4.69) is 20.6 Å². The van der Waals surface area contributed by atoms with Gasteiger partial charge in [-0.3, -0.25) is 5.43 Å². The number of nitrogens with one attached hydrogen (secondary N) is 2. The van der Waals surface area contributed by atoms with Crippen LogP contribution in [-0.2, 0) is 0 Å². The van der Waals surface area contributed by atoms with Crippen LogP contribution in [0.15, 0.2) is 53.6 Å². The van der Waals surface area contributed by atoms with E-state index in [9.17, 15) is 13.2 Å². The fraction of sp³-hybridized carbons (Fsp3) is 0.176. The number of nitrogens with zero attached hydrogens (tertiary/aromatic N) is 1. The van der Waals surface area contributed by atoms with Gasteiger partial charge in [0.05, 0.1) is 5.71 Å². The average molecular weight is 367 g/mol. The molecule has 25 heavy (non-hydrogen) atoms. The van der Waals surface area contributed by atoms with Gasteiger partial charge in [-0.1, -0.05) is 6.92 Å². The standard InChI is InChI=1S/C17H16F3N3OS/c1-2-15(11-3-9-14(10-4-11)24-16(19)20)22-23-17(25)21-13-7-5-12(18)6-8-13/h3-10,16H,2H2,1H3,(H2,21,23,25)/b22-15+. The van der Waals surface area contributed by atoms with Gasteiger partial charge >= 0.3 is 6.61 Å². The quantitative estimate of drug-likeness (QED) is 0.447. The molecule has 0 aliphatic heterocycles. The smallest absolute Gasteiger partial charge is 0.387 e. The first kappa shape index (κ1) is 18.7. The van der Waals surface area contributed by atoms with Crippen molar-refractivity contribution in [2.24, 2.45) is 5.10 Å². The molecule has 0 aliphatic rings. The summed E-state index contributed by atoms with van der Waals surface area (Å²) in [6, 6.07) is 11.9. The maximum atomic E-state index is 12.9. The molecule has 2 aromatic rings. The summed E-state index contributed by atoms with van der Waals surface area (Å²) in [4.78, 5) is 0. The number of thiocarbonyl (C=S) groups is 1. The van der Waals surface area contributed by atoms with Gasteiger partial charge in [0.25, 0.3) is 0 Å². The molecular formula is C17H16F3N3OS. The van der Waals surface area contributed by atoms with Crippen LogP contribution in [0.25, 0.3) is 0 Å². The first-order valence-electron chi connectivity index (χ1n) is 7.42. The van der Waals surface area contributed by atoms with E-state index >= 15 is 0 Å². The monoisotopic (exact) mass is 367 g/mol. The highest BCUT2D eigenvalue weighted by Crippen LogP contribution is 2.16. The number of anilines is 1. The van der Waals surface area contributed by atoms with E-state index in [-0.39, 0.29) is 16.7 Å². The number of halogens is 3. The third kappa shape index (κ3) is 6.07. The molecule has 2 N–H and O–H groups in total. The summed E-state index contributed by atoms with van der Waals surface area (Å²) in [7, 11) is 0. The second kappa shape index (κ2) is 9.03. The maximum absolute atomic E-state index is 12.9. The second-order valence-electron chi connectivity index (χ2n) is 4.89. The van der Waals surface area contributed by atoms with E-state index in [1.807, 2.05) is 6.92 Å². The lowest BCUT2D eigenvalue weighted by Crippen LogP contribution is -2.25. The molecule has 0 spiro atoms. The Morgan fingerprint density at radius 2 is 1.76 bits per heavy atom. The number of alkyl halides is 2. The van der Waals surface area contributed by atoms with E-state index in [1.54, 1.807) is 24.3 Å². The lowest BCUT2D eigenvalue weighted by atomic mass is 10.1. The number of hydrogen-bond acceptors (Lipinski definition) is 3. The van der Waals surface area contributed by atoms with E-state index in [0.29, 0.717) is 17.8 Å². The Morgan fingerprint density at radius 1 is 1.12 bits per heavy atom. The topological polar surface area (TPSA) is 45.7 Å². The van der Waals surface area contributed by atoms with Gasteiger partial charge in [0, 0.05) is 5.69 Å². The van der Waals surface area contributed by atoms with E-state index in [0.717, 1.165) is 5.56 Å². The van der Waals surface area contributed by atoms with Crippen LogP contribution in [-0.4, -0.2) is 17.4 Å². The van der Waals surface area contributed by atoms with Gasteiger partial charge in [-0.15, -0.1) is 0 Å². The molecule has 0 saturated heterocycles. The van der Waals surface area contributed by atoms with Crippen LogP contribution in [0, 0.1) is 5.82 Å². The minimum Gasteiger partial charge on any atom is -0.435 e. The van der Waals surface area contributed by atoms with Crippen molar-refractivity contribution in [3.63, 3.8) is 0 Å². The number of rotatable bonds is 6. The zero-order valence-electron chi connectivity index (χ0n) is 13.3. The Labute approximate surface area is 148 Å². The predicted molar refractivity (Wildman–Crippen MR) is 95.7 cm³/mol. The van der Waals surface area contributed by atoms with Crippen molar-refractivity contribution in [2.75, 3.05) is 5.32 Å². The molecule has 0 amide bonds. The molecule has 0 heterocycles. The van der Waals surface area contributed by atoms with Crippen molar-refractivity contribution in [1.29, 1.82) is 0 Å². The molecule has 0 atom stereocenters. The van der Waals surface area contributed by atoms with Crippen LogP contribution in [0.2, 0.25) is 0 Å². The normalized spacial score (nSPS) is 11.3. The number of hydrogen-bond donors (Lipinski definition) is 2. The Kier molecular flexibility index (Phi) is 6.76. The van der Waals surface area contributed by atoms with Gasteiger partial charge in [0.15, 0.2) is 5.11 Å². The molecule has 0 aromatic heterocycles. The van der Waals surface area contributed by atoms with E-state index in [4.69, 9.17) is 12.2 Å². The molecule has 0 bridgehead atoms. The average Bonchev–Trinajstić information content (AvgIpc) is 2.58. The van der Waals surface area contributed by atoms with Gasteiger partial charge in [-0.05, 0) is 72.7 Å². The summed E-state index contributed by atoms with van der Waals surface area (Å²) in [6.07, 6.45) is 0.598. The minimum atomic E-state index is -2.86. The first-order chi connectivity index (χ1) is 12.0. The van der Waals surface area contributed by atoms with Gasteiger partial charge < -0.3 is 10.1 Å². The van der Waals surface area contributed by atoms with Crippen molar-refractivity contribution in [3.8, 4) is 5.75 Å². The number of benzene rings is 2. The number of hydrazone groups is 1. The van der Waals surface area contributed by atoms with E-state index in [1.165, 1.54) is 24.3 Å². The molecule has 2 aromatic carbocycles. The van der Waals surface area contributed by atoms with Crippen LogP contribution < -0.4 is 15.5 Å². The van der Waals surface area contributed by atoms with E-state index < -0.39 is 6.61 Å². The van der Waals surface area contributed by atoms with Crippen molar-refractivity contribution in [1.82, 2.24) is 5.43 Å². The molecule has 0 unspecified atom stereocenters. The molecule has 0 radical (unpaired) electrons. The summed E-state index contributed by atoms with van der Waals surface area (Å²) < 4.78 is 41.5. The SMILES string of the molecule is CC/C(=N\NC(=S)Nc1ccc(F)cc1)c1ccc(OC(F)F)cc1. The highest BCUT2D eigenvalue weighted by molar-refractivity contribution is 7.80. The Balaban J connectivity index is 1.99. The number of ether oxygens (including phenoxy) is 1. The van der Waals surface area contributed by atoms with Crippen molar-refractivity contribution in [2.45, 2.75) is 20.0 Å². The van der Waals surface area contributed by atoms with Crippen LogP contribution in [0.3, 0.4) is 0 Å². The van der Waals surface area contributed by atoms with Crippen molar-refractivity contribution < 1.29 is 17.9 Å². The zero-order valence-corrected chi connectivity index (χ0v) is 14.1. The van der Waals surface area contributed by atoms with Gasteiger partial charge in [-0.25, -0.2) is 4.39 Å². The van der Waals surface area contributed by atoms with Crippen LogP contribution >= 0.6 is 12.2 Å². The van der Waals surface area contributed by atoms with Gasteiger partial charge in [-0.2, -0.15) is 13.9 Å². The van der Waals surface area contributed by atoms with Crippen LogP contribution in [0.4, 0.5) is 18.9 Å². The maximum Gasteiger partial charge on any atom is 0.387 e. The van der Waals surface area contributed by atoms with Gasteiger partial charge in [0.2, 0.25) is 0 Å². The Morgan fingerprint density at radius 3 is 2.32 bits per heavy atom. The highest BCUT2D eigenvalue weighted by atomic mass is 32.1. The second-order valence-corrected chi connectivity index (χ2v) is 5.30. The molecule has 2 rings (SSSR count). The third-order valence-electron chi connectivity index (χ3n) is 3.14. The minimum absolute atomic E-state index is 0.0793. The van der Waals surface area contributed by atoms with Crippen LogP contribution in [0.1, 0.15) is 18.9 Å².